The van der Waals surface area contributed by atoms with Crippen LogP contribution in [0.1, 0.15) is 17.7 Å². The summed E-state index contributed by atoms with van der Waals surface area (Å²) in [5.74, 6) is -0.905. The summed E-state index contributed by atoms with van der Waals surface area (Å²) in [6.45, 7) is 2.17. The van der Waals surface area contributed by atoms with Crippen molar-refractivity contribution >= 4 is 68.4 Å². The summed E-state index contributed by atoms with van der Waals surface area (Å²) in [4.78, 5) is 35.8. The Kier molecular flexibility index (Phi) is 6.26. The Morgan fingerprint density at radius 1 is 1.18 bits per heavy atom. The number of halogens is 2. The minimum absolute atomic E-state index is 0.116. The Hall–Kier alpha value is -2.98. The Bertz CT molecular complexity index is 1430. The van der Waals surface area contributed by atoms with Crippen molar-refractivity contribution in [3.05, 3.63) is 61.9 Å². The Morgan fingerprint density at radius 2 is 1.97 bits per heavy atom. The largest absolute Gasteiger partial charge is 0.492 e. The molecule has 2 aliphatic heterocycles. The van der Waals surface area contributed by atoms with Crippen LogP contribution in [-0.4, -0.2) is 46.4 Å². The van der Waals surface area contributed by atoms with E-state index in [0.29, 0.717) is 43.7 Å². The van der Waals surface area contributed by atoms with Crippen molar-refractivity contribution in [2.24, 2.45) is 4.99 Å². The predicted molar refractivity (Wildman–Crippen MR) is 133 cm³/mol. The number of benzene rings is 2. The van der Waals surface area contributed by atoms with Crippen molar-refractivity contribution in [1.29, 1.82) is 0 Å². The molecule has 0 spiro atoms. The molecule has 11 heteroatoms. The van der Waals surface area contributed by atoms with Gasteiger partial charge in [0, 0.05) is 10.9 Å². The fourth-order valence-electron chi connectivity index (χ4n) is 4.00. The first-order valence-corrected chi connectivity index (χ1v) is 12.2. The van der Waals surface area contributed by atoms with Crippen LogP contribution in [0.4, 0.5) is 16.5 Å². The molecule has 3 heterocycles. The number of hydrogen-bond donors (Lipinski definition) is 3. The number of nitrogens with one attached hydrogen (secondary N) is 2. The van der Waals surface area contributed by atoms with Gasteiger partial charge in [0.1, 0.15) is 4.88 Å². The highest BCUT2D eigenvalue weighted by Gasteiger charge is 2.25. The number of hydrogen-bond acceptors (Lipinski definition) is 7. The van der Waals surface area contributed by atoms with E-state index >= 15 is 0 Å². The number of fused-ring (bicyclic) bond motifs is 1. The molecule has 0 saturated carbocycles. The average Bonchev–Trinajstić information content (AvgIpc) is 3.50. The van der Waals surface area contributed by atoms with Crippen LogP contribution in [0.15, 0.2) is 41.4 Å². The summed E-state index contributed by atoms with van der Waals surface area (Å²) in [6.07, 6.45) is 2.21. The van der Waals surface area contributed by atoms with Gasteiger partial charge in [-0.25, -0.2) is 4.99 Å². The molecule has 174 valence electrons. The summed E-state index contributed by atoms with van der Waals surface area (Å²) in [6, 6.07) is 10.2. The molecular weight excluding hydrogens is 497 g/mol. The van der Waals surface area contributed by atoms with Crippen LogP contribution in [0.2, 0.25) is 10.0 Å². The lowest BCUT2D eigenvalue weighted by molar-refractivity contribution is -0.117. The van der Waals surface area contributed by atoms with Crippen LogP contribution in [0.3, 0.4) is 0 Å². The van der Waals surface area contributed by atoms with Gasteiger partial charge < -0.3 is 15.7 Å². The molecule has 1 aromatic heterocycles. The van der Waals surface area contributed by atoms with E-state index in [1.54, 1.807) is 36.4 Å². The zero-order chi connectivity index (χ0) is 23.8. The fourth-order valence-corrected chi connectivity index (χ4v) is 5.27. The smallest absolute Gasteiger partial charge is 0.279 e. The van der Waals surface area contributed by atoms with Gasteiger partial charge in [0.15, 0.2) is 5.13 Å². The molecule has 1 fully saturated rings. The standard InChI is InChI=1S/C23H19Cl2N5O3S/c24-14-4-3-5-16(19(14)25)28-23-29-22(33)20(34-23)18-13-10-12(6-7-15(13)27-21(18)32)26-17(31)11-30-8-1-2-9-30/h3-7,10,33H,1-2,8-9,11H2,(H,26,31)(H,28,29). The number of aromatic nitrogens is 1. The third-order valence-electron chi connectivity index (χ3n) is 5.58. The summed E-state index contributed by atoms with van der Waals surface area (Å²) in [5.41, 5.74) is 1.30. The highest BCUT2D eigenvalue weighted by molar-refractivity contribution is 7.17. The van der Waals surface area contributed by atoms with Gasteiger partial charge in [-0.1, -0.05) is 40.6 Å². The molecule has 0 unspecified atom stereocenters. The Balaban J connectivity index is 1.45. The molecule has 34 heavy (non-hydrogen) atoms. The molecule has 2 aliphatic rings. The van der Waals surface area contributed by atoms with E-state index in [9.17, 15) is 14.7 Å². The van der Waals surface area contributed by atoms with E-state index in [-0.39, 0.29) is 22.2 Å². The van der Waals surface area contributed by atoms with Crippen LogP contribution in [0.5, 0.6) is 5.88 Å². The lowest BCUT2D eigenvalue weighted by atomic mass is 10.1. The van der Waals surface area contributed by atoms with Crippen LogP contribution >= 0.6 is 34.5 Å². The van der Waals surface area contributed by atoms with E-state index < -0.39 is 5.91 Å². The summed E-state index contributed by atoms with van der Waals surface area (Å²) < 4.78 is 0. The maximum absolute atomic E-state index is 12.7. The predicted octanol–water partition coefficient (Wildman–Crippen LogP) is 3.29. The van der Waals surface area contributed by atoms with Crippen LogP contribution in [0.25, 0.3) is 5.57 Å². The second kappa shape index (κ2) is 9.34. The minimum Gasteiger partial charge on any atom is -0.492 e. The van der Waals surface area contributed by atoms with Gasteiger partial charge in [-0.15, -0.1) is 0 Å². The first-order valence-electron chi connectivity index (χ1n) is 10.6. The van der Waals surface area contributed by atoms with Gasteiger partial charge in [-0.2, -0.15) is 4.98 Å². The topological polar surface area (TPSA) is 107 Å². The number of thiazole rings is 1. The molecule has 3 N–H and O–H groups in total. The zero-order valence-corrected chi connectivity index (χ0v) is 20.1. The van der Waals surface area contributed by atoms with E-state index in [2.05, 4.69) is 25.5 Å². The first kappa shape index (κ1) is 22.8. The zero-order valence-electron chi connectivity index (χ0n) is 17.8. The van der Waals surface area contributed by atoms with E-state index in [1.807, 2.05) is 0 Å². The van der Waals surface area contributed by atoms with Gasteiger partial charge in [0.05, 0.1) is 33.2 Å². The lowest BCUT2D eigenvalue weighted by Gasteiger charge is -2.14. The Labute approximate surface area is 208 Å². The van der Waals surface area contributed by atoms with Crippen molar-refractivity contribution in [1.82, 2.24) is 9.88 Å². The van der Waals surface area contributed by atoms with Gasteiger partial charge in [-0.3, -0.25) is 14.5 Å². The average molecular weight is 516 g/mol. The van der Waals surface area contributed by atoms with Crippen LogP contribution in [0, 0.1) is 0 Å². The SMILES string of the molecule is O=C(CN1CCCC1)Nc1ccc2c(c1)=C(c1sc(Nc3cccc(Cl)c3Cl)nc1O)C(=O)N=2. The highest BCUT2D eigenvalue weighted by atomic mass is 35.5. The lowest BCUT2D eigenvalue weighted by Crippen LogP contribution is -2.31. The third-order valence-corrected chi connectivity index (χ3v) is 7.38. The number of aromatic hydroxyl groups is 1. The van der Waals surface area contributed by atoms with Gasteiger partial charge in [0.2, 0.25) is 11.8 Å². The molecule has 2 amide bonds. The van der Waals surface area contributed by atoms with Crippen molar-refractivity contribution < 1.29 is 14.7 Å². The van der Waals surface area contributed by atoms with Crippen LogP contribution in [-0.2, 0) is 9.59 Å². The quantitative estimate of drug-likeness (QED) is 0.464. The minimum atomic E-state index is -0.484. The molecule has 1 saturated heterocycles. The number of rotatable bonds is 6. The number of nitrogens with zero attached hydrogens (tertiary/aromatic N) is 3. The van der Waals surface area contributed by atoms with E-state index in [4.69, 9.17) is 23.2 Å². The van der Waals surface area contributed by atoms with Crippen molar-refractivity contribution in [2.45, 2.75) is 12.8 Å². The maximum Gasteiger partial charge on any atom is 0.279 e. The normalized spacial score (nSPS) is 15.4. The fraction of sp³-hybridized carbons (Fsp3) is 0.217. The van der Waals surface area contributed by atoms with E-state index in [1.165, 1.54) is 0 Å². The van der Waals surface area contributed by atoms with Gasteiger partial charge in [-0.05, 0) is 56.3 Å². The van der Waals surface area contributed by atoms with Crippen molar-refractivity contribution in [3.8, 4) is 5.88 Å². The van der Waals surface area contributed by atoms with Crippen molar-refractivity contribution in [2.75, 3.05) is 30.3 Å². The molecule has 0 radical (unpaired) electrons. The second-order valence-electron chi connectivity index (χ2n) is 7.95. The number of anilines is 3. The van der Waals surface area contributed by atoms with Gasteiger partial charge in [0.25, 0.3) is 5.91 Å². The van der Waals surface area contributed by atoms with E-state index in [0.717, 1.165) is 37.3 Å². The van der Waals surface area contributed by atoms with Crippen LogP contribution < -0.4 is 21.2 Å². The molecule has 5 rings (SSSR count). The molecular formula is C23H19Cl2N5O3S. The molecule has 2 aromatic carbocycles. The second-order valence-corrected chi connectivity index (χ2v) is 9.74. The molecule has 8 nitrogen and oxygen atoms in total. The Morgan fingerprint density at radius 3 is 2.76 bits per heavy atom. The maximum atomic E-state index is 12.7. The molecule has 0 bridgehead atoms. The number of amides is 2. The number of likely N-dealkylation sites (tertiary alicyclic amines) is 1. The monoisotopic (exact) mass is 515 g/mol. The summed E-state index contributed by atoms with van der Waals surface area (Å²) >= 11 is 13.4. The van der Waals surface area contributed by atoms with Gasteiger partial charge >= 0.3 is 0 Å². The first-order chi connectivity index (χ1) is 16.4. The highest BCUT2D eigenvalue weighted by Crippen LogP contribution is 2.38. The molecule has 0 aliphatic carbocycles. The summed E-state index contributed by atoms with van der Waals surface area (Å²) in [5, 5.41) is 18.5. The summed E-state index contributed by atoms with van der Waals surface area (Å²) in [7, 11) is 0. The molecule has 3 aromatic rings. The molecule has 0 atom stereocenters. The van der Waals surface area contributed by atoms with Crippen molar-refractivity contribution in [3.63, 3.8) is 0 Å². The number of carbonyl (C=O) groups excluding carboxylic acids is 2. The number of carbonyl (C=O) groups is 2. The third kappa shape index (κ3) is 4.52.